The predicted octanol–water partition coefficient (Wildman–Crippen LogP) is 3.07. The highest BCUT2D eigenvalue weighted by Gasteiger charge is 2.26. The smallest absolute Gasteiger partial charge is 0.197 e. The Morgan fingerprint density at radius 1 is 0.861 bits per heavy atom. The van der Waals surface area contributed by atoms with Gasteiger partial charge in [0, 0.05) is 23.8 Å². The lowest BCUT2D eigenvalue weighted by Crippen LogP contribution is -2.27. The van der Waals surface area contributed by atoms with Gasteiger partial charge in [-0.05, 0) is 35.9 Å². The molecular formula is C26H24O10. The number of rotatable bonds is 8. The molecule has 0 radical (unpaired) electrons. The van der Waals surface area contributed by atoms with Crippen molar-refractivity contribution in [1.82, 2.24) is 0 Å². The maximum absolute atomic E-state index is 12.6. The topological polar surface area (TPSA) is 159 Å². The van der Waals surface area contributed by atoms with E-state index >= 15 is 0 Å². The van der Waals surface area contributed by atoms with Gasteiger partial charge in [-0.1, -0.05) is 6.07 Å². The van der Waals surface area contributed by atoms with Crippen LogP contribution in [0.3, 0.4) is 0 Å². The molecule has 0 spiro atoms. The Morgan fingerprint density at radius 2 is 1.61 bits per heavy atom. The molecule has 0 amide bonds. The van der Waals surface area contributed by atoms with Gasteiger partial charge in [-0.2, -0.15) is 0 Å². The van der Waals surface area contributed by atoms with Gasteiger partial charge in [0.2, 0.25) is 0 Å². The molecule has 5 N–H and O–H groups in total. The van der Waals surface area contributed by atoms with Crippen molar-refractivity contribution < 1.29 is 44.2 Å². The molecule has 0 saturated carbocycles. The van der Waals surface area contributed by atoms with E-state index in [4.69, 9.17) is 18.6 Å². The first kappa shape index (κ1) is 24.7. The highest BCUT2D eigenvalue weighted by Crippen LogP contribution is 2.38. The summed E-state index contributed by atoms with van der Waals surface area (Å²) in [7, 11) is 2.78. The van der Waals surface area contributed by atoms with Crippen LogP contribution in [0.5, 0.6) is 34.5 Å². The second kappa shape index (κ2) is 10.1. The van der Waals surface area contributed by atoms with Crippen molar-refractivity contribution in [2.45, 2.75) is 12.2 Å². The fraction of sp³-hybridized carbons (Fsp3) is 0.192. The number of fused-ring (bicyclic) bond motifs is 1. The number of methoxy groups -OCH3 is 2. The Labute approximate surface area is 204 Å². The van der Waals surface area contributed by atoms with Crippen LogP contribution >= 0.6 is 0 Å². The van der Waals surface area contributed by atoms with Crippen molar-refractivity contribution in [2.75, 3.05) is 20.8 Å². The molecule has 3 aromatic carbocycles. The standard InChI is InChI=1S/C26H24O10/c1-33-22-8-14(3-5-16(22)29)26(19(32)12-27)36-20-6-4-13(7-23(20)34-2)21-11-18(31)25-17(30)9-15(28)10-24(25)35-21/h3-11,19,26-30,32H,12H2,1-2H3. The van der Waals surface area contributed by atoms with Crippen molar-refractivity contribution in [2.24, 2.45) is 0 Å². The van der Waals surface area contributed by atoms with Crippen LogP contribution in [-0.2, 0) is 0 Å². The lowest BCUT2D eigenvalue weighted by atomic mass is 10.0. The molecule has 2 unspecified atom stereocenters. The highest BCUT2D eigenvalue weighted by atomic mass is 16.5. The lowest BCUT2D eigenvalue weighted by molar-refractivity contribution is -0.00295. The zero-order valence-corrected chi connectivity index (χ0v) is 19.3. The van der Waals surface area contributed by atoms with Gasteiger partial charge >= 0.3 is 0 Å². The molecule has 4 rings (SSSR count). The summed E-state index contributed by atoms with van der Waals surface area (Å²) in [6.45, 7) is -0.601. The molecule has 0 aliphatic rings. The van der Waals surface area contributed by atoms with Crippen LogP contribution in [0.1, 0.15) is 11.7 Å². The maximum atomic E-state index is 12.6. The summed E-state index contributed by atoms with van der Waals surface area (Å²) in [4.78, 5) is 12.6. The molecule has 188 valence electrons. The monoisotopic (exact) mass is 496 g/mol. The van der Waals surface area contributed by atoms with Crippen molar-refractivity contribution in [3.05, 3.63) is 70.4 Å². The third-order valence-corrected chi connectivity index (χ3v) is 5.57. The van der Waals surface area contributed by atoms with Gasteiger partial charge in [0.1, 0.15) is 34.3 Å². The number of aliphatic hydroxyl groups is 2. The first-order chi connectivity index (χ1) is 17.2. The predicted molar refractivity (Wildman–Crippen MR) is 129 cm³/mol. The first-order valence-corrected chi connectivity index (χ1v) is 10.8. The average molecular weight is 496 g/mol. The molecule has 2 atom stereocenters. The van der Waals surface area contributed by atoms with E-state index in [1.54, 1.807) is 12.1 Å². The summed E-state index contributed by atoms with van der Waals surface area (Å²) >= 11 is 0. The Balaban J connectivity index is 1.73. The summed E-state index contributed by atoms with van der Waals surface area (Å²) in [6, 6.07) is 12.5. The molecule has 0 fully saturated rings. The lowest BCUT2D eigenvalue weighted by Gasteiger charge is -2.25. The van der Waals surface area contributed by atoms with Gasteiger partial charge in [0.25, 0.3) is 0 Å². The molecule has 36 heavy (non-hydrogen) atoms. The third kappa shape index (κ3) is 4.72. The third-order valence-electron chi connectivity index (χ3n) is 5.57. The van der Waals surface area contributed by atoms with Crippen LogP contribution < -0.4 is 19.6 Å². The summed E-state index contributed by atoms with van der Waals surface area (Å²) in [5.41, 5.74) is 0.362. The fourth-order valence-corrected chi connectivity index (χ4v) is 3.79. The van der Waals surface area contributed by atoms with E-state index in [9.17, 15) is 30.3 Å². The van der Waals surface area contributed by atoms with E-state index in [-0.39, 0.29) is 45.5 Å². The number of ether oxygens (including phenoxy) is 3. The first-order valence-electron chi connectivity index (χ1n) is 10.8. The number of aromatic hydroxyl groups is 3. The van der Waals surface area contributed by atoms with Crippen LogP contribution in [0, 0.1) is 0 Å². The van der Waals surface area contributed by atoms with Gasteiger partial charge in [-0.3, -0.25) is 4.79 Å². The number of phenolic OH excluding ortho intramolecular Hbond substituents is 3. The summed E-state index contributed by atoms with van der Waals surface area (Å²) in [5, 5.41) is 49.6. The number of hydrogen-bond acceptors (Lipinski definition) is 10. The van der Waals surface area contributed by atoms with Crippen LogP contribution in [-0.4, -0.2) is 52.5 Å². The van der Waals surface area contributed by atoms with Crippen LogP contribution in [0.2, 0.25) is 0 Å². The Kier molecular flexibility index (Phi) is 6.91. The van der Waals surface area contributed by atoms with Crippen LogP contribution in [0.25, 0.3) is 22.3 Å². The number of phenols is 3. The van der Waals surface area contributed by atoms with E-state index in [0.717, 1.165) is 6.07 Å². The number of aliphatic hydroxyl groups excluding tert-OH is 2. The van der Waals surface area contributed by atoms with Crippen molar-refractivity contribution in [3.8, 4) is 45.8 Å². The SMILES string of the molecule is COc1cc(C(Oc2ccc(-c3cc(=O)c4c(O)cc(O)cc4o3)cc2OC)C(O)CO)ccc1O. The Bertz CT molecular complexity index is 1460. The number of benzene rings is 3. The molecule has 0 saturated heterocycles. The second-order valence-corrected chi connectivity index (χ2v) is 7.90. The van der Waals surface area contributed by atoms with E-state index in [1.165, 1.54) is 50.6 Å². The normalized spacial score (nSPS) is 12.8. The Morgan fingerprint density at radius 3 is 2.31 bits per heavy atom. The van der Waals surface area contributed by atoms with E-state index in [2.05, 4.69) is 0 Å². The minimum Gasteiger partial charge on any atom is -0.508 e. The quantitative estimate of drug-likeness (QED) is 0.245. The summed E-state index contributed by atoms with van der Waals surface area (Å²) < 4.78 is 22.3. The molecule has 10 nitrogen and oxygen atoms in total. The second-order valence-electron chi connectivity index (χ2n) is 7.90. The van der Waals surface area contributed by atoms with Crippen LogP contribution in [0.4, 0.5) is 0 Å². The summed E-state index contributed by atoms with van der Waals surface area (Å²) in [6.07, 6.45) is -2.36. The van der Waals surface area contributed by atoms with Crippen LogP contribution in [0.15, 0.2) is 63.8 Å². The van der Waals surface area contributed by atoms with Crippen molar-refractivity contribution in [1.29, 1.82) is 0 Å². The van der Waals surface area contributed by atoms with Gasteiger partial charge in [-0.25, -0.2) is 0 Å². The molecule has 1 aromatic heterocycles. The fourth-order valence-electron chi connectivity index (χ4n) is 3.79. The zero-order chi connectivity index (χ0) is 26.0. The zero-order valence-electron chi connectivity index (χ0n) is 19.3. The van der Waals surface area contributed by atoms with Gasteiger partial charge in [-0.15, -0.1) is 0 Å². The van der Waals surface area contributed by atoms with E-state index in [0.29, 0.717) is 11.1 Å². The maximum Gasteiger partial charge on any atom is 0.197 e. The molecular weight excluding hydrogens is 472 g/mol. The van der Waals surface area contributed by atoms with Gasteiger partial charge < -0.3 is 44.2 Å². The molecule has 1 heterocycles. The summed E-state index contributed by atoms with van der Waals surface area (Å²) in [5.74, 6) is -0.000457. The van der Waals surface area contributed by atoms with E-state index in [1.807, 2.05) is 0 Å². The Hall–Kier alpha value is -4.41. The molecule has 0 aliphatic carbocycles. The minimum atomic E-state index is -1.32. The average Bonchev–Trinajstić information content (AvgIpc) is 2.86. The van der Waals surface area contributed by atoms with Crippen molar-refractivity contribution in [3.63, 3.8) is 0 Å². The largest absolute Gasteiger partial charge is 0.508 e. The molecule has 10 heteroatoms. The molecule has 4 aromatic rings. The van der Waals surface area contributed by atoms with Gasteiger partial charge in [0.05, 0.1) is 20.8 Å². The van der Waals surface area contributed by atoms with Gasteiger partial charge in [0.15, 0.2) is 34.5 Å². The van der Waals surface area contributed by atoms with E-state index < -0.39 is 30.0 Å². The highest BCUT2D eigenvalue weighted by molar-refractivity contribution is 5.86. The van der Waals surface area contributed by atoms with Crippen molar-refractivity contribution >= 4 is 11.0 Å². The minimum absolute atomic E-state index is 0.00158. The number of hydrogen-bond donors (Lipinski definition) is 5. The molecule has 0 aliphatic heterocycles. The molecule has 0 bridgehead atoms.